The highest BCUT2D eigenvalue weighted by Gasteiger charge is 2.21. The van der Waals surface area contributed by atoms with Crippen LogP contribution in [0.15, 0.2) is 0 Å². The molecule has 1 fully saturated rings. The highest BCUT2D eigenvalue weighted by Crippen LogP contribution is 2.28. The molecule has 0 unspecified atom stereocenters. The number of likely N-dealkylation sites (N-methyl/N-ethyl adjacent to an activating group) is 1. The first-order valence-electron chi connectivity index (χ1n) is 6.58. The predicted octanol–water partition coefficient (Wildman–Crippen LogP) is -0.147. The van der Waals surface area contributed by atoms with Crippen molar-refractivity contribution >= 4 is 28.2 Å². The molecule has 0 bridgehead atoms. The normalized spacial score (nSPS) is 16.4. The van der Waals surface area contributed by atoms with Crippen LogP contribution in [0.5, 0.6) is 0 Å². The second kappa shape index (κ2) is 6.87. The van der Waals surface area contributed by atoms with Crippen molar-refractivity contribution in [3.63, 3.8) is 0 Å². The SMILES string of the molecule is COCCNC(=O)c1sc(N2CCN(C)CC2)nc1N. The Bertz CT molecular complexity index is 457. The molecule has 3 N–H and O–H groups in total. The molecule has 2 rings (SSSR count). The van der Waals surface area contributed by atoms with Gasteiger partial charge in [0.2, 0.25) is 0 Å². The molecule has 0 aliphatic carbocycles. The Hall–Kier alpha value is -1.38. The maximum Gasteiger partial charge on any atom is 0.265 e. The number of thiazole rings is 1. The Morgan fingerprint density at radius 3 is 2.80 bits per heavy atom. The molecule has 1 aliphatic heterocycles. The minimum Gasteiger partial charge on any atom is -0.383 e. The maximum atomic E-state index is 12.0. The number of nitrogens with zero attached hydrogens (tertiary/aromatic N) is 3. The Labute approximate surface area is 122 Å². The van der Waals surface area contributed by atoms with Gasteiger partial charge < -0.3 is 25.6 Å². The number of amides is 1. The van der Waals surface area contributed by atoms with Crippen LogP contribution in [0.1, 0.15) is 9.67 Å². The molecule has 112 valence electrons. The van der Waals surface area contributed by atoms with Gasteiger partial charge in [0, 0.05) is 39.8 Å². The number of carbonyl (C=O) groups is 1. The first-order valence-corrected chi connectivity index (χ1v) is 7.40. The van der Waals surface area contributed by atoms with Crippen LogP contribution < -0.4 is 16.0 Å². The predicted molar refractivity (Wildman–Crippen MR) is 80.4 cm³/mol. The molecule has 2 heterocycles. The molecule has 8 heteroatoms. The zero-order chi connectivity index (χ0) is 14.5. The quantitative estimate of drug-likeness (QED) is 0.736. The van der Waals surface area contributed by atoms with Gasteiger partial charge in [-0.3, -0.25) is 4.79 Å². The van der Waals surface area contributed by atoms with E-state index in [1.54, 1.807) is 7.11 Å². The number of piperazine rings is 1. The average Bonchev–Trinajstić information content (AvgIpc) is 2.82. The first kappa shape index (κ1) is 15.0. The van der Waals surface area contributed by atoms with E-state index in [4.69, 9.17) is 10.5 Å². The van der Waals surface area contributed by atoms with Crippen molar-refractivity contribution in [3.05, 3.63) is 4.88 Å². The lowest BCUT2D eigenvalue weighted by Gasteiger charge is -2.31. The summed E-state index contributed by atoms with van der Waals surface area (Å²) in [5, 5.41) is 3.59. The van der Waals surface area contributed by atoms with Crippen molar-refractivity contribution in [1.82, 2.24) is 15.2 Å². The maximum absolute atomic E-state index is 12.0. The molecule has 1 amide bonds. The fraction of sp³-hybridized carbons (Fsp3) is 0.667. The average molecular weight is 299 g/mol. The number of nitrogen functional groups attached to an aromatic ring is 1. The van der Waals surface area contributed by atoms with Gasteiger partial charge in [-0.15, -0.1) is 0 Å². The summed E-state index contributed by atoms with van der Waals surface area (Å²) >= 11 is 1.35. The number of nitrogens with one attached hydrogen (secondary N) is 1. The molecule has 1 aromatic rings. The fourth-order valence-electron chi connectivity index (χ4n) is 1.96. The van der Waals surface area contributed by atoms with E-state index in [9.17, 15) is 4.79 Å². The Kier molecular flexibility index (Phi) is 5.16. The molecule has 0 radical (unpaired) electrons. The zero-order valence-electron chi connectivity index (χ0n) is 11.9. The third-order valence-corrected chi connectivity index (χ3v) is 4.34. The van der Waals surface area contributed by atoms with Crippen LogP contribution in [0, 0.1) is 0 Å². The van der Waals surface area contributed by atoms with Crippen LogP contribution >= 0.6 is 11.3 Å². The number of ether oxygens (including phenoxy) is 1. The van der Waals surface area contributed by atoms with Gasteiger partial charge in [0.1, 0.15) is 10.7 Å². The van der Waals surface area contributed by atoms with Crippen LogP contribution in [0.25, 0.3) is 0 Å². The second-order valence-electron chi connectivity index (χ2n) is 4.75. The summed E-state index contributed by atoms with van der Waals surface area (Å²) in [6.07, 6.45) is 0. The highest BCUT2D eigenvalue weighted by atomic mass is 32.1. The lowest BCUT2D eigenvalue weighted by molar-refractivity contribution is 0.0942. The van der Waals surface area contributed by atoms with Crippen molar-refractivity contribution in [1.29, 1.82) is 0 Å². The molecule has 20 heavy (non-hydrogen) atoms. The van der Waals surface area contributed by atoms with E-state index >= 15 is 0 Å². The number of methoxy groups -OCH3 is 1. The van der Waals surface area contributed by atoms with Crippen molar-refractivity contribution in [2.45, 2.75) is 0 Å². The standard InChI is InChI=1S/C12H21N5O2S/c1-16-4-6-17(7-5-16)12-15-10(13)9(20-12)11(18)14-3-8-19-2/h3-8,13H2,1-2H3,(H,14,18). The molecular formula is C12H21N5O2S. The Morgan fingerprint density at radius 2 is 2.15 bits per heavy atom. The molecule has 0 aromatic carbocycles. The van der Waals surface area contributed by atoms with E-state index in [1.807, 2.05) is 0 Å². The van der Waals surface area contributed by atoms with Crippen LogP contribution in [-0.4, -0.2) is 69.3 Å². The van der Waals surface area contributed by atoms with Gasteiger partial charge >= 0.3 is 0 Å². The molecule has 7 nitrogen and oxygen atoms in total. The van der Waals surface area contributed by atoms with Crippen LogP contribution in [-0.2, 0) is 4.74 Å². The van der Waals surface area contributed by atoms with E-state index < -0.39 is 0 Å². The number of nitrogens with two attached hydrogens (primary N) is 1. The molecule has 1 saturated heterocycles. The summed E-state index contributed by atoms with van der Waals surface area (Å²) in [4.78, 5) is 21.2. The number of hydrogen-bond donors (Lipinski definition) is 2. The largest absolute Gasteiger partial charge is 0.383 e. The number of aromatic nitrogens is 1. The van der Waals surface area contributed by atoms with E-state index in [0.29, 0.717) is 23.8 Å². The highest BCUT2D eigenvalue weighted by molar-refractivity contribution is 7.18. The van der Waals surface area contributed by atoms with E-state index in [0.717, 1.165) is 31.3 Å². The van der Waals surface area contributed by atoms with E-state index in [-0.39, 0.29) is 5.91 Å². The van der Waals surface area contributed by atoms with Crippen LogP contribution in [0.4, 0.5) is 10.9 Å². The van der Waals surface area contributed by atoms with Crippen LogP contribution in [0.3, 0.4) is 0 Å². The topological polar surface area (TPSA) is 83.7 Å². The summed E-state index contributed by atoms with van der Waals surface area (Å²) in [7, 11) is 3.70. The molecule has 1 aromatic heterocycles. The molecule has 0 saturated carbocycles. The van der Waals surface area contributed by atoms with Crippen molar-refractivity contribution in [2.24, 2.45) is 0 Å². The summed E-state index contributed by atoms with van der Waals surface area (Å²) in [6.45, 7) is 4.76. The van der Waals surface area contributed by atoms with Gasteiger partial charge in [0.25, 0.3) is 5.91 Å². The van der Waals surface area contributed by atoms with Crippen molar-refractivity contribution in [2.75, 3.05) is 64.1 Å². The molecule has 0 spiro atoms. The lowest BCUT2D eigenvalue weighted by Crippen LogP contribution is -2.44. The molecular weight excluding hydrogens is 278 g/mol. The summed E-state index contributed by atoms with van der Waals surface area (Å²) < 4.78 is 4.90. The van der Waals surface area contributed by atoms with Gasteiger partial charge in [-0.1, -0.05) is 11.3 Å². The number of carbonyl (C=O) groups excluding carboxylic acids is 1. The van der Waals surface area contributed by atoms with Gasteiger partial charge in [-0.05, 0) is 7.05 Å². The first-order chi connectivity index (χ1) is 9.61. The lowest BCUT2D eigenvalue weighted by atomic mass is 10.3. The number of hydrogen-bond acceptors (Lipinski definition) is 7. The van der Waals surface area contributed by atoms with Gasteiger partial charge in [0.05, 0.1) is 6.61 Å². The van der Waals surface area contributed by atoms with Crippen molar-refractivity contribution < 1.29 is 9.53 Å². The third kappa shape index (κ3) is 3.59. The second-order valence-corrected chi connectivity index (χ2v) is 5.73. The summed E-state index contributed by atoms with van der Waals surface area (Å²) in [6, 6.07) is 0. The molecule has 0 atom stereocenters. The monoisotopic (exact) mass is 299 g/mol. The smallest absolute Gasteiger partial charge is 0.265 e. The zero-order valence-corrected chi connectivity index (χ0v) is 12.7. The Morgan fingerprint density at radius 1 is 1.45 bits per heavy atom. The van der Waals surface area contributed by atoms with Crippen molar-refractivity contribution in [3.8, 4) is 0 Å². The van der Waals surface area contributed by atoms with Gasteiger partial charge in [-0.25, -0.2) is 4.98 Å². The minimum absolute atomic E-state index is 0.183. The van der Waals surface area contributed by atoms with E-state index in [2.05, 4.69) is 27.1 Å². The minimum atomic E-state index is -0.183. The number of anilines is 2. The third-order valence-electron chi connectivity index (χ3n) is 3.21. The molecule has 1 aliphatic rings. The fourth-order valence-corrected chi connectivity index (χ4v) is 2.92. The number of rotatable bonds is 5. The van der Waals surface area contributed by atoms with Gasteiger partial charge in [0.15, 0.2) is 5.13 Å². The summed E-state index contributed by atoms with van der Waals surface area (Å²) in [5.74, 6) is 0.122. The summed E-state index contributed by atoms with van der Waals surface area (Å²) in [5.41, 5.74) is 5.85. The van der Waals surface area contributed by atoms with Crippen LogP contribution in [0.2, 0.25) is 0 Å². The van der Waals surface area contributed by atoms with E-state index in [1.165, 1.54) is 11.3 Å². The van der Waals surface area contributed by atoms with Gasteiger partial charge in [-0.2, -0.15) is 0 Å². The Balaban J connectivity index is 2.00.